The number of aryl methyl sites for hydroxylation is 1. The molecule has 0 aliphatic carbocycles. The van der Waals surface area contributed by atoms with Crippen molar-refractivity contribution in [1.29, 1.82) is 0 Å². The minimum Gasteiger partial charge on any atom is -0.380 e. The molecule has 3 N–H and O–H groups in total. The lowest BCUT2D eigenvalue weighted by Crippen LogP contribution is -2.33. The number of ether oxygens (including phenoxy) is 1. The molecule has 0 saturated carbocycles. The predicted molar refractivity (Wildman–Crippen MR) is 70.1 cm³/mol. The molecule has 1 heterocycles. The molecule has 4 nitrogen and oxygen atoms in total. The first-order chi connectivity index (χ1) is 8.06. The number of rotatable bonds is 6. The van der Waals surface area contributed by atoms with Gasteiger partial charge in [-0.25, -0.2) is 0 Å². The molecule has 0 radical (unpaired) electrons. The largest absolute Gasteiger partial charge is 0.380 e. The van der Waals surface area contributed by atoms with Gasteiger partial charge in [0.1, 0.15) is 0 Å². The molecule has 0 spiro atoms. The Kier molecular flexibility index (Phi) is 5.61. The van der Waals surface area contributed by atoms with Gasteiger partial charge in [0.25, 0.3) is 0 Å². The van der Waals surface area contributed by atoms with E-state index in [0.29, 0.717) is 13.0 Å². The molecule has 0 aliphatic rings. The van der Waals surface area contributed by atoms with Gasteiger partial charge in [-0.05, 0) is 26.0 Å². The first-order valence-electron chi connectivity index (χ1n) is 5.65. The van der Waals surface area contributed by atoms with E-state index in [1.54, 1.807) is 18.4 Å². The third-order valence-electron chi connectivity index (χ3n) is 2.57. The number of hydrogen-bond acceptors (Lipinski definition) is 4. The van der Waals surface area contributed by atoms with E-state index >= 15 is 0 Å². The first kappa shape index (κ1) is 14.2. The van der Waals surface area contributed by atoms with Crippen LogP contribution in [0.1, 0.15) is 29.1 Å². The van der Waals surface area contributed by atoms with Crippen molar-refractivity contribution in [1.82, 2.24) is 5.32 Å². The Balaban J connectivity index is 2.45. The molecule has 2 atom stereocenters. The minimum atomic E-state index is -0.202. The van der Waals surface area contributed by atoms with Crippen LogP contribution in [0.15, 0.2) is 12.1 Å². The molecular formula is C12H20N2O2S. The fraction of sp³-hybridized carbons (Fsp3) is 0.583. The number of nitrogens with one attached hydrogen (secondary N) is 1. The van der Waals surface area contributed by atoms with Crippen molar-refractivity contribution in [2.75, 3.05) is 13.7 Å². The topological polar surface area (TPSA) is 64.3 Å². The van der Waals surface area contributed by atoms with Gasteiger partial charge in [-0.3, -0.25) is 4.79 Å². The lowest BCUT2D eigenvalue weighted by molar-refractivity contribution is -0.124. The summed E-state index contributed by atoms with van der Waals surface area (Å²) in [6.07, 6.45) is 0.106. The van der Waals surface area contributed by atoms with E-state index in [-0.39, 0.29) is 18.1 Å². The molecule has 1 aromatic heterocycles. The highest BCUT2D eigenvalue weighted by Crippen LogP contribution is 2.22. The van der Waals surface area contributed by atoms with Crippen molar-refractivity contribution < 1.29 is 9.53 Å². The van der Waals surface area contributed by atoms with E-state index in [4.69, 9.17) is 10.5 Å². The number of nitrogens with two attached hydrogens (primary N) is 1. The van der Waals surface area contributed by atoms with Crippen molar-refractivity contribution in [3.8, 4) is 0 Å². The van der Waals surface area contributed by atoms with E-state index in [1.807, 2.05) is 13.0 Å². The summed E-state index contributed by atoms with van der Waals surface area (Å²) in [5.74, 6) is -0.0270. The number of carbonyl (C=O) groups excluding carboxylic acids is 1. The molecule has 0 saturated heterocycles. The summed E-state index contributed by atoms with van der Waals surface area (Å²) in [5, 5.41) is 2.94. The highest BCUT2D eigenvalue weighted by atomic mass is 32.1. The quantitative estimate of drug-likeness (QED) is 0.812. The zero-order valence-corrected chi connectivity index (χ0v) is 11.3. The smallest absolute Gasteiger partial charge is 0.223 e. The molecule has 96 valence electrons. The van der Waals surface area contributed by atoms with Crippen molar-refractivity contribution in [3.63, 3.8) is 0 Å². The molecule has 1 amide bonds. The SMILES string of the molecule is COC(CN)CC(=O)NC(C)c1ccc(C)s1. The fourth-order valence-corrected chi connectivity index (χ4v) is 2.41. The van der Waals surface area contributed by atoms with Gasteiger partial charge in [-0.2, -0.15) is 0 Å². The molecule has 1 rings (SSSR count). The van der Waals surface area contributed by atoms with Crippen LogP contribution in [0.2, 0.25) is 0 Å². The number of thiophene rings is 1. The Labute approximate surface area is 106 Å². The van der Waals surface area contributed by atoms with Gasteiger partial charge in [0.2, 0.25) is 5.91 Å². The number of amides is 1. The highest BCUT2D eigenvalue weighted by molar-refractivity contribution is 7.12. The number of hydrogen-bond donors (Lipinski definition) is 2. The van der Waals surface area contributed by atoms with Crippen LogP contribution in [-0.4, -0.2) is 25.7 Å². The summed E-state index contributed by atoms with van der Waals surface area (Å²) in [4.78, 5) is 14.1. The van der Waals surface area contributed by atoms with Gasteiger partial charge >= 0.3 is 0 Å². The van der Waals surface area contributed by atoms with E-state index in [2.05, 4.69) is 18.3 Å². The second kappa shape index (κ2) is 6.74. The second-order valence-corrected chi connectivity index (χ2v) is 5.35. The second-order valence-electron chi connectivity index (χ2n) is 4.04. The lowest BCUT2D eigenvalue weighted by atomic mass is 10.2. The predicted octanol–water partition coefficient (Wildman–Crippen LogP) is 1.60. The number of carbonyl (C=O) groups is 1. The van der Waals surface area contributed by atoms with Crippen LogP contribution in [0.4, 0.5) is 0 Å². The van der Waals surface area contributed by atoms with Gasteiger partial charge in [-0.15, -0.1) is 11.3 Å². The van der Waals surface area contributed by atoms with E-state index in [9.17, 15) is 4.79 Å². The number of methoxy groups -OCH3 is 1. The van der Waals surface area contributed by atoms with Crippen LogP contribution in [0.25, 0.3) is 0 Å². The van der Waals surface area contributed by atoms with E-state index in [1.165, 1.54) is 4.88 Å². The van der Waals surface area contributed by atoms with Gasteiger partial charge in [0.15, 0.2) is 0 Å². The summed E-state index contributed by atoms with van der Waals surface area (Å²) < 4.78 is 5.08. The molecule has 0 bridgehead atoms. The van der Waals surface area contributed by atoms with Gasteiger partial charge in [-0.1, -0.05) is 0 Å². The Morgan fingerprint density at radius 2 is 2.29 bits per heavy atom. The molecule has 0 fully saturated rings. The Morgan fingerprint density at radius 1 is 1.59 bits per heavy atom. The standard InChI is InChI=1S/C12H20N2O2S/c1-8-4-5-11(17-8)9(2)14-12(15)6-10(7-13)16-3/h4-5,9-10H,6-7,13H2,1-3H3,(H,14,15). The summed E-state index contributed by atoms with van der Waals surface area (Å²) in [6.45, 7) is 4.39. The zero-order valence-electron chi connectivity index (χ0n) is 10.5. The van der Waals surface area contributed by atoms with Crippen LogP contribution in [-0.2, 0) is 9.53 Å². The minimum absolute atomic E-state index is 0.0270. The Hall–Kier alpha value is -0.910. The van der Waals surface area contributed by atoms with Crippen molar-refractivity contribution >= 4 is 17.2 Å². The maximum atomic E-state index is 11.7. The fourth-order valence-electron chi connectivity index (χ4n) is 1.53. The van der Waals surface area contributed by atoms with Gasteiger partial charge < -0.3 is 15.8 Å². The third kappa shape index (κ3) is 4.46. The van der Waals surface area contributed by atoms with Crippen molar-refractivity contribution in [2.45, 2.75) is 32.4 Å². The monoisotopic (exact) mass is 256 g/mol. The van der Waals surface area contributed by atoms with Gasteiger partial charge in [0, 0.05) is 23.4 Å². The summed E-state index contributed by atoms with van der Waals surface area (Å²) in [5.41, 5.74) is 5.47. The van der Waals surface area contributed by atoms with Gasteiger partial charge in [0.05, 0.1) is 18.6 Å². The van der Waals surface area contributed by atoms with E-state index < -0.39 is 0 Å². The van der Waals surface area contributed by atoms with Crippen LogP contribution < -0.4 is 11.1 Å². The summed E-state index contributed by atoms with van der Waals surface area (Å²) in [7, 11) is 1.57. The molecule has 17 heavy (non-hydrogen) atoms. The summed E-state index contributed by atoms with van der Waals surface area (Å²) in [6, 6.07) is 4.14. The Morgan fingerprint density at radius 3 is 2.76 bits per heavy atom. The van der Waals surface area contributed by atoms with Crippen LogP contribution >= 0.6 is 11.3 Å². The maximum absolute atomic E-state index is 11.7. The lowest BCUT2D eigenvalue weighted by Gasteiger charge is -2.16. The maximum Gasteiger partial charge on any atom is 0.223 e. The third-order valence-corrected chi connectivity index (χ3v) is 3.76. The average molecular weight is 256 g/mol. The average Bonchev–Trinajstić information content (AvgIpc) is 2.72. The van der Waals surface area contributed by atoms with Crippen LogP contribution in [0.3, 0.4) is 0 Å². The van der Waals surface area contributed by atoms with Crippen LogP contribution in [0.5, 0.6) is 0 Å². The molecule has 5 heteroatoms. The summed E-state index contributed by atoms with van der Waals surface area (Å²) >= 11 is 1.70. The molecule has 2 unspecified atom stereocenters. The molecule has 1 aromatic rings. The molecule has 0 aromatic carbocycles. The van der Waals surface area contributed by atoms with Crippen molar-refractivity contribution in [3.05, 3.63) is 21.9 Å². The van der Waals surface area contributed by atoms with E-state index in [0.717, 1.165) is 4.88 Å². The molecular weight excluding hydrogens is 236 g/mol. The first-order valence-corrected chi connectivity index (χ1v) is 6.47. The zero-order chi connectivity index (χ0) is 12.8. The van der Waals surface area contributed by atoms with Crippen molar-refractivity contribution in [2.24, 2.45) is 5.73 Å². The normalized spacial score (nSPS) is 14.4. The Bertz CT molecular complexity index is 361. The highest BCUT2D eigenvalue weighted by Gasteiger charge is 2.15. The van der Waals surface area contributed by atoms with Crippen LogP contribution in [0, 0.1) is 6.92 Å². The molecule has 0 aliphatic heterocycles.